The Hall–Kier alpha value is -2.08. The van der Waals surface area contributed by atoms with Crippen molar-refractivity contribution in [1.82, 2.24) is 10.3 Å². The fourth-order valence-corrected chi connectivity index (χ4v) is 3.57. The number of nitrogens with zero attached hydrogens (tertiary/aromatic N) is 2. The van der Waals surface area contributed by atoms with Gasteiger partial charge in [-0.3, -0.25) is 4.79 Å². The Balaban J connectivity index is 1.86. The zero-order valence-corrected chi connectivity index (χ0v) is 15.3. The summed E-state index contributed by atoms with van der Waals surface area (Å²) in [6.07, 6.45) is -0.509. The van der Waals surface area contributed by atoms with Crippen LogP contribution in [0.15, 0.2) is 29.6 Å². The van der Waals surface area contributed by atoms with Crippen LogP contribution in [0.3, 0.4) is 0 Å². The molecule has 0 unspecified atom stereocenters. The van der Waals surface area contributed by atoms with Gasteiger partial charge in [0.05, 0.1) is 29.5 Å². The van der Waals surface area contributed by atoms with Crippen molar-refractivity contribution in [3.05, 3.63) is 40.3 Å². The average molecular weight is 345 g/mol. The van der Waals surface area contributed by atoms with Crippen molar-refractivity contribution in [2.45, 2.75) is 38.8 Å². The molecule has 1 amide bonds. The van der Waals surface area contributed by atoms with Gasteiger partial charge in [-0.05, 0) is 12.1 Å². The van der Waals surface area contributed by atoms with Crippen LogP contribution in [0.4, 0.5) is 5.69 Å². The topological polar surface area (TPSA) is 54.5 Å². The first-order chi connectivity index (χ1) is 11.4. The summed E-state index contributed by atoms with van der Waals surface area (Å²) in [6, 6.07) is 7.83. The van der Waals surface area contributed by atoms with Crippen LogP contribution in [0.1, 0.15) is 31.5 Å². The highest BCUT2D eigenvalue weighted by atomic mass is 32.1. The Morgan fingerprint density at radius 3 is 2.83 bits per heavy atom. The van der Waals surface area contributed by atoms with E-state index in [1.54, 1.807) is 18.4 Å². The predicted octanol–water partition coefficient (Wildman–Crippen LogP) is 2.95. The summed E-state index contributed by atoms with van der Waals surface area (Å²) in [5.74, 6) is 0.631. The molecule has 0 aliphatic carbocycles. The number of anilines is 1. The minimum absolute atomic E-state index is 0.0520. The molecule has 24 heavy (non-hydrogen) atoms. The minimum atomic E-state index is -0.509. The fourth-order valence-electron chi connectivity index (χ4n) is 2.67. The Morgan fingerprint density at radius 1 is 1.42 bits per heavy atom. The molecule has 6 heteroatoms. The smallest absolute Gasteiger partial charge is 0.262 e. The van der Waals surface area contributed by atoms with Crippen LogP contribution in [0.5, 0.6) is 5.75 Å². The number of fused-ring (bicyclic) bond motifs is 1. The first kappa shape index (κ1) is 16.8. The van der Waals surface area contributed by atoms with Gasteiger partial charge in [0.15, 0.2) is 6.10 Å². The van der Waals surface area contributed by atoms with Crippen molar-refractivity contribution in [3.8, 4) is 5.75 Å². The highest BCUT2D eigenvalue weighted by Gasteiger charge is 2.30. The second-order valence-corrected chi connectivity index (χ2v) is 7.82. The lowest BCUT2D eigenvalue weighted by Crippen LogP contribution is -2.48. The number of hydrogen-bond donors (Lipinski definition) is 1. The van der Waals surface area contributed by atoms with E-state index in [1.807, 2.05) is 24.3 Å². The van der Waals surface area contributed by atoms with Gasteiger partial charge in [-0.25, -0.2) is 4.98 Å². The van der Waals surface area contributed by atoms with Crippen LogP contribution in [-0.2, 0) is 16.8 Å². The summed E-state index contributed by atoms with van der Waals surface area (Å²) in [7, 11) is 1.63. The fraction of sp³-hybridized carbons (Fsp3) is 0.444. The van der Waals surface area contributed by atoms with Crippen LogP contribution in [0.25, 0.3) is 0 Å². The Labute approximate surface area is 146 Å². The number of benzene rings is 1. The van der Waals surface area contributed by atoms with E-state index in [1.165, 1.54) is 0 Å². The number of rotatable bonds is 3. The van der Waals surface area contributed by atoms with E-state index in [0.717, 1.165) is 22.1 Å². The molecule has 3 rings (SSSR count). The van der Waals surface area contributed by atoms with Crippen LogP contribution < -0.4 is 15.0 Å². The maximum absolute atomic E-state index is 12.0. The molecule has 2 aromatic rings. The van der Waals surface area contributed by atoms with Crippen molar-refractivity contribution in [2.75, 3.05) is 18.5 Å². The molecule has 0 spiro atoms. The number of nitrogens with one attached hydrogen (secondary N) is 1. The van der Waals surface area contributed by atoms with Gasteiger partial charge in [0.2, 0.25) is 0 Å². The van der Waals surface area contributed by atoms with Crippen molar-refractivity contribution < 1.29 is 9.53 Å². The molecule has 1 atom stereocenters. The number of carbonyl (C=O) groups is 1. The number of aromatic nitrogens is 1. The summed E-state index contributed by atoms with van der Waals surface area (Å²) in [5.41, 5.74) is 2.08. The number of hydrogen-bond acceptors (Lipinski definition) is 5. The molecule has 0 saturated carbocycles. The van der Waals surface area contributed by atoms with Gasteiger partial charge < -0.3 is 15.0 Å². The Kier molecular flexibility index (Phi) is 4.49. The summed E-state index contributed by atoms with van der Waals surface area (Å²) >= 11 is 1.69. The number of ether oxygens (including phenoxy) is 1. The molecule has 0 saturated heterocycles. The molecule has 1 aromatic heterocycles. The summed E-state index contributed by atoms with van der Waals surface area (Å²) < 4.78 is 5.84. The quantitative estimate of drug-likeness (QED) is 0.929. The second-order valence-electron chi connectivity index (χ2n) is 6.96. The summed E-state index contributed by atoms with van der Waals surface area (Å²) in [5, 5.41) is 5.90. The first-order valence-corrected chi connectivity index (χ1v) is 8.93. The number of para-hydroxylation sites is 2. The van der Waals surface area contributed by atoms with E-state index in [2.05, 4.69) is 36.4 Å². The van der Waals surface area contributed by atoms with Crippen LogP contribution in [0.2, 0.25) is 0 Å². The third kappa shape index (κ3) is 3.38. The highest BCUT2D eigenvalue weighted by molar-refractivity contribution is 7.09. The zero-order chi connectivity index (χ0) is 17.3. The molecular formula is C18H23N3O2S. The maximum Gasteiger partial charge on any atom is 0.262 e. The molecule has 1 aliphatic heterocycles. The number of carbonyl (C=O) groups excluding carboxylic acids is 1. The molecule has 0 radical (unpaired) electrons. The molecule has 1 aromatic carbocycles. The highest BCUT2D eigenvalue weighted by Crippen LogP contribution is 2.34. The van der Waals surface area contributed by atoms with Crippen LogP contribution >= 0.6 is 11.3 Å². The molecule has 0 fully saturated rings. The van der Waals surface area contributed by atoms with Gasteiger partial charge in [-0.2, -0.15) is 0 Å². The third-order valence-electron chi connectivity index (χ3n) is 3.95. The number of likely N-dealkylation sites (N-methyl/N-ethyl adjacent to an activating group) is 1. The van der Waals surface area contributed by atoms with Crippen LogP contribution in [0, 0.1) is 0 Å². The van der Waals surface area contributed by atoms with Gasteiger partial charge in [0.25, 0.3) is 5.91 Å². The molecule has 0 bridgehead atoms. The Bertz CT molecular complexity index is 736. The molecule has 1 aliphatic rings. The molecule has 5 nitrogen and oxygen atoms in total. The minimum Gasteiger partial charge on any atom is -0.477 e. The van der Waals surface area contributed by atoms with Gasteiger partial charge in [-0.1, -0.05) is 32.9 Å². The van der Waals surface area contributed by atoms with Gasteiger partial charge >= 0.3 is 0 Å². The van der Waals surface area contributed by atoms with Crippen molar-refractivity contribution in [2.24, 2.45) is 0 Å². The molecule has 2 heterocycles. The Morgan fingerprint density at radius 2 is 2.17 bits per heavy atom. The normalized spacial score (nSPS) is 17.2. The van der Waals surface area contributed by atoms with Gasteiger partial charge in [0, 0.05) is 17.8 Å². The van der Waals surface area contributed by atoms with Gasteiger partial charge in [-0.15, -0.1) is 11.3 Å². The van der Waals surface area contributed by atoms with Crippen molar-refractivity contribution in [1.29, 1.82) is 0 Å². The van der Waals surface area contributed by atoms with Crippen LogP contribution in [-0.4, -0.2) is 30.6 Å². The van der Waals surface area contributed by atoms with E-state index in [4.69, 9.17) is 9.72 Å². The predicted molar refractivity (Wildman–Crippen MR) is 96.8 cm³/mol. The first-order valence-electron chi connectivity index (χ1n) is 8.05. The molecular weight excluding hydrogens is 322 g/mol. The molecule has 1 N–H and O–H groups in total. The monoisotopic (exact) mass is 345 g/mol. The second kappa shape index (κ2) is 6.43. The lowest BCUT2D eigenvalue weighted by molar-refractivity contribution is -0.127. The number of amides is 1. The SMILES string of the molecule is CNC(=O)[C@H]1CN(Cc2csc(C(C)(C)C)n2)c2ccccc2O1. The lowest BCUT2D eigenvalue weighted by atomic mass is 9.98. The standard InChI is InChI=1S/C18H23N3O2S/c1-18(2,3)17-20-12(11-24-17)9-21-10-15(16(22)19-4)23-14-8-6-5-7-13(14)21/h5-8,11,15H,9-10H2,1-4H3,(H,19,22)/t15-/m1/s1. The number of thiazole rings is 1. The third-order valence-corrected chi connectivity index (χ3v) is 5.26. The van der Waals surface area contributed by atoms with Crippen molar-refractivity contribution in [3.63, 3.8) is 0 Å². The maximum atomic E-state index is 12.0. The lowest BCUT2D eigenvalue weighted by Gasteiger charge is -2.35. The van der Waals surface area contributed by atoms with E-state index >= 15 is 0 Å². The van der Waals surface area contributed by atoms with E-state index in [-0.39, 0.29) is 11.3 Å². The molecule has 128 valence electrons. The summed E-state index contributed by atoms with van der Waals surface area (Å²) in [4.78, 5) is 19.0. The van der Waals surface area contributed by atoms with Gasteiger partial charge in [0.1, 0.15) is 5.75 Å². The summed E-state index contributed by atoms with van der Waals surface area (Å²) in [6.45, 7) is 7.68. The van der Waals surface area contributed by atoms with E-state index in [9.17, 15) is 4.79 Å². The van der Waals surface area contributed by atoms with E-state index in [0.29, 0.717) is 13.1 Å². The van der Waals surface area contributed by atoms with E-state index < -0.39 is 6.10 Å². The largest absolute Gasteiger partial charge is 0.477 e. The average Bonchev–Trinajstić information content (AvgIpc) is 3.03. The zero-order valence-electron chi connectivity index (χ0n) is 14.5. The van der Waals surface area contributed by atoms with Crippen molar-refractivity contribution >= 4 is 22.9 Å².